The maximum absolute atomic E-state index is 12.0. The smallest absolute Gasteiger partial charge is 0.227 e. The number of hydrogen-bond acceptors (Lipinski definition) is 3. The van der Waals surface area contributed by atoms with E-state index in [0.29, 0.717) is 6.54 Å². The van der Waals surface area contributed by atoms with Crippen molar-refractivity contribution in [3.05, 3.63) is 29.8 Å². The number of guanidine groups is 1. The zero-order chi connectivity index (χ0) is 17.8. The van der Waals surface area contributed by atoms with E-state index in [9.17, 15) is 4.79 Å². The Hall–Kier alpha value is -2.08. The van der Waals surface area contributed by atoms with Crippen LogP contribution in [-0.4, -0.2) is 39.2 Å². The lowest BCUT2D eigenvalue weighted by Gasteiger charge is -2.13. The summed E-state index contributed by atoms with van der Waals surface area (Å²) in [4.78, 5) is 16.2. The monoisotopic (exact) mass is 334 g/mol. The van der Waals surface area contributed by atoms with Gasteiger partial charge in [0.2, 0.25) is 5.91 Å². The van der Waals surface area contributed by atoms with Gasteiger partial charge in [0.05, 0.1) is 0 Å². The highest BCUT2D eigenvalue weighted by atomic mass is 16.5. The Bertz CT molecular complexity index is 532. The Balaban J connectivity index is 2.50. The van der Waals surface area contributed by atoms with Gasteiger partial charge in [0.15, 0.2) is 5.96 Å². The van der Waals surface area contributed by atoms with Crippen molar-refractivity contribution in [3.63, 3.8) is 0 Å². The fourth-order valence-corrected chi connectivity index (χ4v) is 2.04. The van der Waals surface area contributed by atoms with E-state index >= 15 is 0 Å². The van der Waals surface area contributed by atoms with Crippen LogP contribution in [0.2, 0.25) is 0 Å². The van der Waals surface area contributed by atoms with Crippen LogP contribution in [0.5, 0.6) is 0 Å². The molecule has 1 rings (SSSR count). The molecular weight excluding hydrogens is 304 g/mol. The van der Waals surface area contributed by atoms with Gasteiger partial charge >= 0.3 is 0 Å². The van der Waals surface area contributed by atoms with E-state index in [1.54, 1.807) is 14.2 Å². The summed E-state index contributed by atoms with van der Waals surface area (Å²) in [6.07, 6.45) is 1.76. The number of hydrogen-bond donors (Lipinski definition) is 3. The quantitative estimate of drug-likeness (QED) is 0.368. The first-order chi connectivity index (χ1) is 11.6. The molecule has 1 aromatic carbocycles. The maximum Gasteiger partial charge on any atom is 0.227 e. The Morgan fingerprint density at radius 2 is 2.12 bits per heavy atom. The summed E-state index contributed by atoms with van der Waals surface area (Å²) in [5, 5.41) is 9.45. The molecule has 3 N–H and O–H groups in total. The molecule has 6 heteroatoms. The summed E-state index contributed by atoms with van der Waals surface area (Å²) < 4.78 is 5.02. The molecule has 0 aliphatic rings. The highest BCUT2D eigenvalue weighted by Gasteiger charge is 2.10. The van der Waals surface area contributed by atoms with E-state index in [4.69, 9.17) is 4.74 Å². The molecule has 0 radical (unpaired) electrons. The predicted molar refractivity (Wildman–Crippen MR) is 99.2 cm³/mol. The van der Waals surface area contributed by atoms with Gasteiger partial charge in [-0.05, 0) is 30.5 Å². The van der Waals surface area contributed by atoms with Gasteiger partial charge < -0.3 is 20.7 Å². The third kappa shape index (κ3) is 7.46. The highest BCUT2D eigenvalue weighted by Crippen LogP contribution is 2.13. The fourth-order valence-electron chi connectivity index (χ4n) is 2.04. The van der Waals surface area contributed by atoms with Crippen molar-refractivity contribution in [2.24, 2.45) is 10.9 Å². The van der Waals surface area contributed by atoms with Gasteiger partial charge in [-0.2, -0.15) is 0 Å². The molecule has 134 valence electrons. The summed E-state index contributed by atoms with van der Waals surface area (Å²) in [6, 6.07) is 7.84. The third-order valence-electron chi connectivity index (χ3n) is 3.76. The molecular formula is C18H30N4O2. The normalized spacial score (nSPS) is 12.6. The second kappa shape index (κ2) is 11.5. The third-order valence-corrected chi connectivity index (χ3v) is 3.76. The lowest BCUT2D eigenvalue weighted by molar-refractivity contribution is -0.119. The molecule has 1 atom stereocenters. The second-order valence-corrected chi connectivity index (χ2v) is 5.70. The molecule has 0 aliphatic carbocycles. The van der Waals surface area contributed by atoms with Gasteiger partial charge in [0.1, 0.15) is 0 Å². The number of rotatable bonds is 9. The largest absolute Gasteiger partial charge is 0.385 e. The van der Waals surface area contributed by atoms with Crippen molar-refractivity contribution in [3.8, 4) is 0 Å². The van der Waals surface area contributed by atoms with Crippen molar-refractivity contribution < 1.29 is 9.53 Å². The molecule has 24 heavy (non-hydrogen) atoms. The Morgan fingerprint density at radius 1 is 1.33 bits per heavy atom. The molecule has 0 aliphatic heterocycles. The number of anilines is 1. The minimum atomic E-state index is 0.0157. The zero-order valence-electron chi connectivity index (χ0n) is 15.2. The van der Waals surface area contributed by atoms with Crippen molar-refractivity contribution in [2.45, 2.75) is 33.2 Å². The number of nitrogens with zero attached hydrogens (tertiary/aromatic N) is 1. The predicted octanol–water partition coefficient (Wildman–Crippen LogP) is 2.37. The standard InChI is InChI=1S/C18H30N4O2/c1-5-14(2)17(23)22-16-9-6-8-15(12-16)13-21-18(19-3)20-10-7-11-24-4/h6,8-9,12,14H,5,7,10-11,13H2,1-4H3,(H,22,23)(H2,19,20,21). The van der Waals surface area contributed by atoms with Gasteiger partial charge in [0.25, 0.3) is 0 Å². The maximum atomic E-state index is 12.0. The van der Waals surface area contributed by atoms with Crippen LogP contribution in [0.4, 0.5) is 5.69 Å². The van der Waals surface area contributed by atoms with E-state index in [0.717, 1.165) is 43.2 Å². The minimum Gasteiger partial charge on any atom is -0.385 e. The summed E-state index contributed by atoms with van der Waals surface area (Å²) in [5.74, 6) is 0.820. The van der Waals surface area contributed by atoms with E-state index in [1.807, 2.05) is 38.1 Å². The average Bonchev–Trinajstić information content (AvgIpc) is 2.60. The van der Waals surface area contributed by atoms with Crippen LogP contribution in [0, 0.1) is 5.92 Å². The number of benzene rings is 1. The first kappa shape index (κ1) is 20.0. The molecule has 0 aromatic heterocycles. The Morgan fingerprint density at radius 3 is 2.79 bits per heavy atom. The number of nitrogens with one attached hydrogen (secondary N) is 3. The lowest BCUT2D eigenvalue weighted by Crippen LogP contribution is -2.37. The molecule has 0 spiro atoms. The van der Waals surface area contributed by atoms with E-state index in [2.05, 4.69) is 20.9 Å². The van der Waals surface area contributed by atoms with Crippen LogP contribution >= 0.6 is 0 Å². The summed E-state index contributed by atoms with van der Waals surface area (Å²) in [5.41, 5.74) is 1.90. The number of ether oxygens (including phenoxy) is 1. The summed E-state index contributed by atoms with van der Waals surface area (Å²) in [7, 11) is 3.44. The highest BCUT2D eigenvalue weighted by molar-refractivity contribution is 5.92. The first-order valence-corrected chi connectivity index (χ1v) is 8.44. The van der Waals surface area contributed by atoms with E-state index < -0.39 is 0 Å². The molecule has 0 saturated carbocycles. The Labute approximate surface area is 145 Å². The van der Waals surface area contributed by atoms with Crippen molar-refractivity contribution in [1.82, 2.24) is 10.6 Å². The average molecular weight is 334 g/mol. The number of methoxy groups -OCH3 is 1. The van der Waals surface area contributed by atoms with Gasteiger partial charge in [-0.1, -0.05) is 26.0 Å². The van der Waals surface area contributed by atoms with Crippen molar-refractivity contribution in [2.75, 3.05) is 32.6 Å². The number of amides is 1. The van der Waals surface area contributed by atoms with Crippen molar-refractivity contribution in [1.29, 1.82) is 0 Å². The van der Waals surface area contributed by atoms with Crippen LogP contribution in [0.1, 0.15) is 32.3 Å². The zero-order valence-corrected chi connectivity index (χ0v) is 15.2. The molecule has 1 amide bonds. The Kier molecular flexibility index (Phi) is 9.53. The van der Waals surface area contributed by atoms with Gasteiger partial charge in [-0.15, -0.1) is 0 Å². The van der Waals surface area contributed by atoms with Crippen LogP contribution in [-0.2, 0) is 16.1 Å². The number of aliphatic imine (C=N–C) groups is 1. The SMILES string of the molecule is CCC(C)C(=O)Nc1cccc(CNC(=NC)NCCCOC)c1. The molecule has 0 heterocycles. The molecule has 0 bridgehead atoms. The summed E-state index contributed by atoms with van der Waals surface area (Å²) in [6.45, 7) is 6.10. The molecule has 6 nitrogen and oxygen atoms in total. The molecule has 0 fully saturated rings. The molecule has 1 unspecified atom stereocenters. The second-order valence-electron chi connectivity index (χ2n) is 5.70. The van der Waals surface area contributed by atoms with Crippen LogP contribution < -0.4 is 16.0 Å². The number of carbonyl (C=O) groups excluding carboxylic acids is 1. The van der Waals surface area contributed by atoms with Crippen LogP contribution in [0.25, 0.3) is 0 Å². The number of carbonyl (C=O) groups is 1. The van der Waals surface area contributed by atoms with Crippen molar-refractivity contribution >= 4 is 17.6 Å². The minimum absolute atomic E-state index is 0.0157. The van der Waals surface area contributed by atoms with E-state index in [-0.39, 0.29) is 11.8 Å². The van der Waals surface area contributed by atoms with Gasteiger partial charge in [-0.25, -0.2) is 0 Å². The van der Waals surface area contributed by atoms with E-state index in [1.165, 1.54) is 0 Å². The molecule has 1 aromatic rings. The summed E-state index contributed by atoms with van der Waals surface area (Å²) >= 11 is 0. The topological polar surface area (TPSA) is 74.8 Å². The first-order valence-electron chi connectivity index (χ1n) is 8.44. The van der Waals surface area contributed by atoms with Gasteiger partial charge in [-0.3, -0.25) is 9.79 Å². The van der Waals surface area contributed by atoms with Gasteiger partial charge in [0, 0.05) is 45.5 Å². The van der Waals surface area contributed by atoms with Crippen LogP contribution in [0.3, 0.4) is 0 Å². The lowest BCUT2D eigenvalue weighted by atomic mass is 10.1. The van der Waals surface area contributed by atoms with Crippen LogP contribution in [0.15, 0.2) is 29.3 Å². The molecule has 0 saturated heterocycles. The fraction of sp³-hybridized carbons (Fsp3) is 0.556.